The van der Waals surface area contributed by atoms with Gasteiger partial charge in [-0.25, -0.2) is 0 Å². The Bertz CT molecular complexity index is 518. The average Bonchev–Trinajstić information content (AvgIpc) is 2.90. The number of benzene rings is 1. The van der Waals surface area contributed by atoms with E-state index in [1.54, 1.807) is 12.1 Å². The van der Waals surface area contributed by atoms with Gasteiger partial charge in [-0.15, -0.1) is 0 Å². The van der Waals surface area contributed by atoms with Gasteiger partial charge in [0.05, 0.1) is 11.0 Å². The zero-order valence-electron chi connectivity index (χ0n) is 10.7. The van der Waals surface area contributed by atoms with Crippen molar-refractivity contribution in [3.63, 3.8) is 0 Å². The summed E-state index contributed by atoms with van der Waals surface area (Å²) >= 11 is 0. The molecule has 0 amide bonds. The zero-order chi connectivity index (χ0) is 13.8. The maximum Gasteiger partial charge on any atom is 0.287 e. The maximum atomic E-state index is 10.8. The summed E-state index contributed by atoms with van der Waals surface area (Å²) in [5.41, 5.74) is 0.719. The van der Waals surface area contributed by atoms with Crippen molar-refractivity contribution in [1.29, 1.82) is 5.26 Å². The highest BCUT2D eigenvalue weighted by Gasteiger charge is 2.19. The summed E-state index contributed by atoms with van der Waals surface area (Å²) in [4.78, 5) is 12.2. The van der Waals surface area contributed by atoms with Crippen molar-refractivity contribution < 1.29 is 9.66 Å². The topological polar surface area (TPSA) is 79.4 Å². The number of hydrogen-bond donors (Lipinski definition) is 0. The van der Waals surface area contributed by atoms with Crippen molar-refractivity contribution in [2.24, 2.45) is 0 Å². The van der Waals surface area contributed by atoms with Gasteiger partial charge in [-0.1, -0.05) is 0 Å². The van der Waals surface area contributed by atoms with Crippen LogP contribution in [0.25, 0.3) is 0 Å². The van der Waals surface area contributed by atoms with Crippen molar-refractivity contribution in [3.05, 3.63) is 33.9 Å². The highest BCUT2D eigenvalue weighted by Crippen LogP contribution is 2.25. The summed E-state index contributed by atoms with van der Waals surface area (Å²) in [6, 6.07) is 6.45. The third kappa shape index (κ3) is 3.01. The molecule has 1 unspecified atom stereocenters. The molecular formula is C13H15N3O3. The number of anilines is 1. The molecule has 19 heavy (non-hydrogen) atoms. The first-order valence-electron chi connectivity index (χ1n) is 6.13. The van der Waals surface area contributed by atoms with Crippen molar-refractivity contribution in [1.82, 2.24) is 0 Å². The predicted molar refractivity (Wildman–Crippen MR) is 70.1 cm³/mol. The van der Waals surface area contributed by atoms with E-state index in [0.29, 0.717) is 0 Å². The van der Waals surface area contributed by atoms with Crippen LogP contribution < -0.4 is 4.90 Å². The van der Waals surface area contributed by atoms with E-state index in [-0.39, 0.29) is 17.4 Å². The second kappa shape index (κ2) is 5.67. The highest BCUT2D eigenvalue weighted by atomic mass is 16.6. The normalized spacial score (nSPS) is 18.0. The summed E-state index contributed by atoms with van der Waals surface area (Å²) in [7, 11) is 1.89. The number of likely N-dealkylation sites (N-methyl/N-ethyl adjacent to an activating group) is 1. The van der Waals surface area contributed by atoms with E-state index in [4.69, 9.17) is 10.00 Å². The minimum absolute atomic E-state index is 0.0849. The van der Waals surface area contributed by atoms with Crippen LogP contribution in [0.2, 0.25) is 0 Å². The molecule has 0 bridgehead atoms. The largest absolute Gasteiger partial charge is 0.376 e. The predicted octanol–water partition coefficient (Wildman–Crippen LogP) is 2.08. The SMILES string of the molecule is CN(CC1CCCO1)c1ccc([N+](=O)[O-])c(C#N)c1. The fraction of sp³-hybridized carbons (Fsp3) is 0.462. The van der Waals surface area contributed by atoms with E-state index in [9.17, 15) is 10.1 Å². The second-order valence-corrected chi connectivity index (χ2v) is 4.59. The molecule has 6 heteroatoms. The molecule has 0 aliphatic carbocycles. The standard InChI is InChI=1S/C13H15N3O3/c1-15(9-12-3-2-6-19-12)11-4-5-13(16(17)18)10(7-11)8-14/h4-5,7,12H,2-3,6,9H2,1H3. The van der Waals surface area contributed by atoms with Crippen LogP contribution in [0.3, 0.4) is 0 Å². The van der Waals surface area contributed by atoms with E-state index < -0.39 is 4.92 Å². The van der Waals surface area contributed by atoms with Gasteiger partial charge in [-0.2, -0.15) is 5.26 Å². The molecule has 6 nitrogen and oxygen atoms in total. The number of nitriles is 1. The van der Waals surface area contributed by atoms with E-state index in [1.165, 1.54) is 6.07 Å². The molecule has 1 saturated heterocycles. The molecule has 100 valence electrons. The van der Waals surface area contributed by atoms with Gasteiger partial charge in [0.15, 0.2) is 0 Å². The number of nitro groups is 1. The molecule has 1 fully saturated rings. The highest BCUT2D eigenvalue weighted by molar-refractivity contribution is 5.59. The molecule has 0 spiro atoms. The Morgan fingerprint density at radius 2 is 2.42 bits per heavy atom. The van der Waals surface area contributed by atoms with Crippen molar-refractivity contribution in [2.45, 2.75) is 18.9 Å². The van der Waals surface area contributed by atoms with Gasteiger partial charge in [0.2, 0.25) is 0 Å². The monoisotopic (exact) mass is 261 g/mol. The van der Waals surface area contributed by atoms with Crippen LogP contribution in [0.4, 0.5) is 11.4 Å². The minimum atomic E-state index is -0.539. The molecule has 2 rings (SSSR count). The Morgan fingerprint density at radius 1 is 1.63 bits per heavy atom. The van der Waals surface area contributed by atoms with E-state index in [1.807, 2.05) is 18.0 Å². The summed E-state index contributed by atoms with van der Waals surface area (Å²) in [5, 5.41) is 19.7. The van der Waals surface area contributed by atoms with E-state index in [2.05, 4.69) is 0 Å². The van der Waals surface area contributed by atoms with Gasteiger partial charge >= 0.3 is 0 Å². The zero-order valence-corrected chi connectivity index (χ0v) is 10.7. The van der Waals surface area contributed by atoms with Crippen LogP contribution in [0, 0.1) is 21.4 Å². The van der Waals surface area contributed by atoms with Gasteiger partial charge in [-0.3, -0.25) is 10.1 Å². The fourth-order valence-electron chi connectivity index (χ4n) is 2.21. The minimum Gasteiger partial charge on any atom is -0.376 e. The molecule has 0 N–H and O–H groups in total. The molecule has 1 aliphatic heterocycles. The Balaban J connectivity index is 2.16. The van der Waals surface area contributed by atoms with Gasteiger partial charge in [0.1, 0.15) is 11.6 Å². The Kier molecular flexibility index (Phi) is 3.97. The Morgan fingerprint density at radius 3 is 3.00 bits per heavy atom. The number of nitro benzene ring substituents is 1. The third-order valence-corrected chi connectivity index (χ3v) is 3.24. The van der Waals surface area contributed by atoms with Crippen molar-refractivity contribution >= 4 is 11.4 Å². The van der Waals surface area contributed by atoms with Crippen LogP contribution in [0.15, 0.2) is 18.2 Å². The van der Waals surface area contributed by atoms with Crippen molar-refractivity contribution in [2.75, 3.05) is 25.1 Å². The fourth-order valence-corrected chi connectivity index (χ4v) is 2.21. The van der Waals surface area contributed by atoms with Crippen LogP contribution in [0.5, 0.6) is 0 Å². The van der Waals surface area contributed by atoms with Gasteiger partial charge < -0.3 is 9.64 Å². The van der Waals surface area contributed by atoms with E-state index >= 15 is 0 Å². The first kappa shape index (κ1) is 13.3. The summed E-state index contributed by atoms with van der Waals surface area (Å²) in [6.07, 6.45) is 2.30. The smallest absolute Gasteiger partial charge is 0.287 e. The quantitative estimate of drug-likeness (QED) is 0.612. The summed E-state index contributed by atoms with van der Waals surface area (Å²) < 4.78 is 5.55. The molecule has 1 heterocycles. The molecule has 1 atom stereocenters. The maximum absolute atomic E-state index is 10.8. The first-order valence-corrected chi connectivity index (χ1v) is 6.13. The molecule has 0 aromatic heterocycles. The lowest BCUT2D eigenvalue weighted by Crippen LogP contribution is -2.28. The molecule has 0 radical (unpaired) electrons. The van der Waals surface area contributed by atoms with Gasteiger partial charge in [-0.05, 0) is 25.0 Å². The van der Waals surface area contributed by atoms with Crippen molar-refractivity contribution in [3.8, 4) is 6.07 Å². The first-order chi connectivity index (χ1) is 9.11. The third-order valence-electron chi connectivity index (χ3n) is 3.24. The number of nitrogens with zero attached hydrogens (tertiary/aromatic N) is 3. The number of hydrogen-bond acceptors (Lipinski definition) is 5. The molecule has 1 aromatic carbocycles. The molecule has 0 saturated carbocycles. The lowest BCUT2D eigenvalue weighted by Gasteiger charge is -2.22. The van der Waals surface area contributed by atoms with Crippen LogP contribution in [-0.4, -0.2) is 31.2 Å². The van der Waals surface area contributed by atoms with Gasteiger partial charge in [0.25, 0.3) is 5.69 Å². The molecule has 1 aliphatic rings. The lowest BCUT2D eigenvalue weighted by molar-refractivity contribution is -0.385. The van der Waals surface area contributed by atoms with Crippen LogP contribution in [0.1, 0.15) is 18.4 Å². The van der Waals surface area contributed by atoms with Gasteiger partial charge in [0, 0.05) is 32.0 Å². The van der Waals surface area contributed by atoms with Crippen LogP contribution in [-0.2, 0) is 4.74 Å². The van der Waals surface area contributed by atoms with E-state index in [0.717, 1.165) is 31.7 Å². The Labute approximate surface area is 111 Å². The summed E-state index contributed by atoms with van der Waals surface area (Å²) in [5.74, 6) is 0. The van der Waals surface area contributed by atoms with Crippen LogP contribution >= 0.6 is 0 Å². The summed E-state index contributed by atoms with van der Waals surface area (Å²) in [6.45, 7) is 1.52. The number of ether oxygens (including phenoxy) is 1. The average molecular weight is 261 g/mol. The molecular weight excluding hydrogens is 246 g/mol. The molecule has 1 aromatic rings. The number of rotatable bonds is 4. The lowest BCUT2D eigenvalue weighted by atomic mass is 10.1. The Hall–Kier alpha value is -2.13. The second-order valence-electron chi connectivity index (χ2n) is 4.59.